The van der Waals surface area contributed by atoms with Crippen molar-refractivity contribution in [3.8, 4) is 0 Å². The lowest BCUT2D eigenvalue weighted by atomic mass is 9.43. The highest BCUT2D eigenvalue weighted by Gasteiger charge is 2.64. The third kappa shape index (κ3) is 3.63. The van der Waals surface area contributed by atoms with Crippen LogP contribution in [0.3, 0.4) is 0 Å². The second-order valence-electron chi connectivity index (χ2n) is 9.52. The molecular formula is C22H36O4. The number of carbonyl (C=O) groups is 1. The van der Waals surface area contributed by atoms with Gasteiger partial charge in [0.2, 0.25) is 0 Å². The summed E-state index contributed by atoms with van der Waals surface area (Å²) in [4.78, 5) is 11.7. The average molecular weight is 365 g/mol. The van der Waals surface area contributed by atoms with Crippen LogP contribution in [0, 0.1) is 22.7 Å². The molecule has 0 spiro atoms. The quantitative estimate of drug-likeness (QED) is 0.571. The number of rotatable bonds is 5. The molecule has 2 aliphatic rings. The largest absolute Gasteiger partial charge is 0.462 e. The molecule has 0 bridgehead atoms. The zero-order valence-electron chi connectivity index (χ0n) is 17.0. The second kappa shape index (κ2) is 7.12. The van der Waals surface area contributed by atoms with Gasteiger partial charge in [0.1, 0.15) is 6.10 Å². The van der Waals surface area contributed by atoms with Crippen LogP contribution in [0.4, 0.5) is 0 Å². The van der Waals surface area contributed by atoms with Crippen LogP contribution in [-0.4, -0.2) is 34.0 Å². The zero-order valence-corrected chi connectivity index (χ0v) is 17.0. The molecule has 0 radical (unpaired) electrons. The van der Waals surface area contributed by atoms with Crippen LogP contribution in [0.1, 0.15) is 66.7 Å². The summed E-state index contributed by atoms with van der Waals surface area (Å²) < 4.78 is 5.70. The van der Waals surface area contributed by atoms with Crippen molar-refractivity contribution < 1.29 is 19.7 Å². The lowest BCUT2D eigenvalue weighted by Crippen LogP contribution is -2.66. The number of ether oxygens (including phenoxy) is 1. The fourth-order valence-corrected chi connectivity index (χ4v) is 6.10. The Bertz CT molecular complexity index is 577. The van der Waals surface area contributed by atoms with Gasteiger partial charge in [-0.1, -0.05) is 45.6 Å². The summed E-state index contributed by atoms with van der Waals surface area (Å²) in [5.41, 5.74) is -0.590. The van der Waals surface area contributed by atoms with Crippen LogP contribution in [-0.2, 0) is 9.53 Å². The summed E-state index contributed by atoms with van der Waals surface area (Å²) in [6, 6.07) is 0. The molecule has 4 nitrogen and oxygen atoms in total. The van der Waals surface area contributed by atoms with Crippen LogP contribution in [0.5, 0.6) is 0 Å². The first-order valence-electron chi connectivity index (χ1n) is 9.74. The van der Waals surface area contributed by atoms with Crippen LogP contribution in [0.25, 0.3) is 0 Å². The molecule has 0 aromatic rings. The summed E-state index contributed by atoms with van der Waals surface area (Å²) >= 11 is 0. The normalized spacial score (nSPS) is 41.8. The van der Waals surface area contributed by atoms with Crippen molar-refractivity contribution in [2.24, 2.45) is 22.7 Å². The van der Waals surface area contributed by atoms with Gasteiger partial charge in [-0.05, 0) is 49.4 Å². The van der Waals surface area contributed by atoms with Gasteiger partial charge in [-0.3, -0.25) is 4.79 Å². The Labute approximate surface area is 158 Å². The highest BCUT2D eigenvalue weighted by atomic mass is 16.5. The molecule has 148 valence electrons. The highest BCUT2D eigenvalue weighted by Crippen LogP contribution is 2.63. The van der Waals surface area contributed by atoms with Crippen LogP contribution in [0.2, 0.25) is 0 Å². The van der Waals surface area contributed by atoms with E-state index in [0.29, 0.717) is 12.8 Å². The first-order valence-corrected chi connectivity index (χ1v) is 9.74. The number of aliphatic hydroxyl groups is 2. The predicted molar refractivity (Wildman–Crippen MR) is 103 cm³/mol. The Morgan fingerprint density at radius 3 is 2.46 bits per heavy atom. The fraction of sp³-hybridized carbons (Fsp3) is 0.773. The van der Waals surface area contributed by atoms with Crippen molar-refractivity contribution in [3.63, 3.8) is 0 Å². The molecule has 2 saturated carbocycles. The summed E-state index contributed by atoms with van der Waals surface area (Å²) in [5.74, 6) is -0.303. The molecule has 0 aromatic heterocycles. The molecule has 2 N–H and O–H groups in total. The van der Waals surface area contributed by atoms with E-state index in [-0.39, 0.29) is 23.2 Å². The fourth-order valence-electron chi connectivity index (χ4n) is 6.10. The number of fused-ring (bicyclic) bond motifs is 1. The van der Waals surface area contributed by atoms with E-state index in [1.807, 2.05) is 6.92 Å². The standard InChI is InChI=1S/C22H36O4/c1-8-14(2)9-10-17-21(6)12-11-18(24)20(4,5)19(21)16(26-15(3)23)13-22(17,7)25/h8,16-19,24-25H,1-2,9-13H2,3-7H3/t16-,17-,18-,19-,21+,22+/m1/s1. The topological polar surface area (TPSA) is 66.8 Å². The molecule has 0 unspecified atom stereocenters. The lowest BCUT2D eigenvalue weighted by Gasteiger charge is -2.64. The lowest BCUT2D eigenvalue weighted by molar-refractivity contribution is -0.242. The van der Waals surface area contributed by atoms with Crippen LogP contribution >= 0.6 is 0 Å². The zero-order chi connectivity index (χ0) is 19.9. The van der Waals surface area contributed by atoms with Crippen molar-refractivity contribution in [1.29, 1.82) is 0 Å². The van der Waals surface area contributed by atoms with Crippen LogP contribution < -0.4 is 0 Å². The van der Waals surface area contributed by atoms with E-state index in [9.17, 15) is 15.0 Å². The molecule has 2 rings (SSSR count). The first kappa shape index (κ1) is 21.2. The van der Waals surface area contributed by atoms with Gasteiger partial charge in [-0.25, -0.2) is 0 Å². The van der Waals surface area contributed by atoms with E-state index in [4.69, 9.17) is 4.74 Å². The molecule has 0 heterocycles. The maximum Gasteiger partial charge on any atom is 0.302 e. The molecular weight excluding hydrogens is 328 g/mol. The van der Waals surface area contributed by atoms with Gasteiger partial charge in [-0.15, -0.1) is 0 Å². The van der Waals surface area contributed by atoms with Crippen molar-refractivity contribution in [1.82, 2.24) is 0 Å². The Morgan fingerprint density at radius 1 is 1.31 bits per heavy atom. The molecule has 0 aromatic carbocycles. The number of carbonyl (C=O) groups excluding carboxylic acids is 1. The molecule has 0 amide bonds. The van der Waals surface area contributed by atoms with Gasteiger partial charge in [0.15, 0.2) is 0 Å². The van der Waals surface area contributed by atoms with Gasteiger partial charge in [0.05, 0.1) is 11.7 Å². The summed E-state index contributed by atoms with van der Waals surface area (Å²) in [7, 11) is 0. The van der Waals surface area contributed by atoms with E-state index in [1.54, 1.807) is 6.08 Å². The van der Waals surface area contributed by atoms with Crippen molar-refractivity contribution >= 4 is 5.97 Å². The maximum atomic E-state index is 11.7. The molecule has 2 aliphatic carbocycles. The van der Waals surface area contributed by atoms with E-state index < -0.39 is 23.2 Å². The smallest absolute Gasteiger partial charge is 0.302 e. The Kier molecular flexibility index (Phi) is 5.80. The molecule has 0 saturated heterocycles. The molecule has 2 fully saturated rings. The van der Waals surface area contributed by atoms with Gasteiger partial charge >= 0.3 is 5.97 Å². The summed E-state index contributed by atoms with van der Waals surface area (Å²) in [6.07, 6.45) is 4.43. The molecule has 4 heteroatoms. The minimum atomic E-state index is -0.939. The average Bonchev–Trinajstić information content (AvgIpc) is 2.48. The van der Waals surface area contributed by atoms with Gasteiger partial charge < -0.3 is 14.9 Å². The molecule has 0 aliphatic heterocycles. The van der Waals surface area contributed by atoms with Gasteiger partial charge in [0.25, 0.3) is 0 Å². The Balaban J connectivity index is 2.47. The maximum absolute atomic E-state index is 11.7. The Hall–Kier alpha value is -1.13. The van der Waals surface area contributed by atoms with E-state index >= 15 is 0 Å². The number of esters is 1. The highest BCUT2D eigenvalue weighted by molar-refractivity contribution is 5.66. The monoisotopic (exact) mass is 364 g/mol. The number of hydrogen-bond acceptors (Lipinski definition) is 4. The van der Waals surface area contributed by atoms with Gasteiger partial charge in [0, 0.05) is 19.3 Å². The number of hydrogen-bond donors (Lipinski definition) is 2. The van der Waals surface area contributed by atoms with E-state index in [2.05, 4.69) is 33.9 Å². The Morgan fingerprint density at radius 2 is 1.92 bits per heavy atom. The van der Waals surface area contributed by atoms with Crippen LogP contribution in [0.15, 0.2) is 24.8 Å². The number of allylic oxidation sites excluding steroid dienone is 2. The first-order chi connectivity index (χ1) is 11.9. The molecule has 26 heavy (non-hydrogen) atoms. The summed E-state index contributed by atoms with van der Waals surface area (Å²) in [5, 5.41) is 22.0. The summed E-state index contributed by atoms with van der Waals surface area (Å²) in [6.45, 7) is 17.4. The SMILES string of the molecule is C=CC(=C)CC[C@@H]1[C@]2(C)CC[C@@H](O)C(C)(C)[C@H]2[C@H](OC(C)=O)C[C@]1(C)O. The van der Waals surface area contributed by atoms with Crippen molar-refractivity contribution in [2.75, 3.05) is 0 Å². The van der Waals surface area contributed by atoms with Crippen molar-refractivity contribution in [3.05, 3.63) is 24.8 Å². The minimum absolute atomic E-state index is 0.00938. The third-order valence-corrected chi connectivity index (χ3v) is 7.22. The predicted octanol–water partition coefficient (Wildman–Crippen LogP) is 4.01. The number of aliphatic hydroxyl groups excluding tert-OH is 1. The van der Waals surface area contributed by atoms with E-state index in [1.165, 1.54) is 6.92 Å². The van der Waals surface area contributed by atoms with Gasteiger partial charge in [-0.2, -0.15) is 0 Å². The van der Waals surface area contributed by atoms with Crippen molar-refractivity contribution in [2.45, 2.75) is 84.5 Å². The van der Waals surface area contributed by atoms with E-state index in [0.717, 1.165) is 24.8 Å². The minimum Gasteiger partial charge on any atom is -0.462 e. The third-order valence-electron chi connectivity index (χ3n) is 7.22. The second-order valence-corrected chi connectivity index (χ2v) is 9.52. The molecule has 6 atom stereocenters.